The first-order valence-corrected chi connectivity index (χ1v) is 11.4. The van der Waals surface area contributed by atoms with Crippen molar-refractivity contribution in [3.8, 4) is 0 Å². The Labute approximate surface area is 154 Å². The second kappa shape index (κ2) is 12.7. The van der Waals surface area contributed by atoms with Gasteiger partial charge in [0.15, 0.2) is 0 Å². The fraction of sp³-hybridized carbons (Fsp3) is 1.00. The fourth-order valence-electron chi connectivity index (χ4n) is 2.84. The Balaban J connectivity index is 0. The molecule has 142 valence electrons. The average Bonchev–Trinajstić information content (AvgIpc) is 2.73. The van der Waals surface area contributed by atoms with Gasteiger partial charge in [0.25, 0.3) is 0 Å². The molecule has 2 aliphatic rings. The van der Waals surface area contributed by atoms with Crippen LogP contribution in [0.2, 0.25) is 0 Å². The zero-order chi connectivity index (χ0) is 18.6. The minimum absolute atomic E-state index is 0.500. The predicted octanol–water partition coefficient (Wildman–Crippen LogP) is 8.59. The second-order valence-electron chi connectivity index (χ2n) is 10.5. The van der Waals surface area contributed by atoms with Gasteiger partial charge in [-0.2, -0.15) is 11.8 Å². The van der Waals surface area contributed by atoms with Gasteiger partial charge in [-0.25, -0.2) is 0 Å². The van der Waals surface area contributed by atoms with Gasteiger partial charge in [0.05, 0.1) is 0 Å². The van der Waals surface area contributed by atoms with Crippen LogP contribution in [0.3, 0.4) is 0 Å². The summed E-state index contributed by atoms with van der Waals surface area (Å²) < 4.78 is 0. The van der Waals surface area contributed by atoms with Crippen LogP contribution in [0.5, 0.6) is 0 Å². The molecule has 2 saturated carbocycles. The average molecular weight is 345 g/mol. The predicted molar refractivity (Wildman–Crippen MR) is 114 cm³/mol. The van der Waals surface area contributed by atoms with Crippen LogP contribution < -0.4 is 0 Å². The highest BCUT2D eigenvalue weighted by molar-refractivity contribution is 7.97. The molecule has 0 radical (unpaired) electrons. The van der Waals surface area contributed by atoms with Crippen LogP contribution in [0.25, 0.3) is 0 Å². The molecule has 0 heterocycles. The quantitative estimate of drug-likeness (QED) is 0.424. The van der Waals surface area contributed by atoms with Crippen LogP contribution in [0, 0.1) is 16.2 Å². The lowest BCUT2D eigenvalue weighted by Crippen LogP contribution is -2.14. The number of hydrogen-bond acceptors (Lipinski definition) is 1. The summed E-state index contributed by atoms with van der Waals surface area (Å²) in [6.07, 6.45) is 17.2. The first-order valence-electron chi connectivity index (χ1n) is 9.73. The van der Waals surface area contributed by atoms with Crippen LogP contribution in [0.4, 0.5) is 0 Å². The summed E-state index contributed by atoms with van der Waals surface area (Å²) >= 11 is 1.75. The standard InChI is InChI=1S/C8H16.C7H14.C5H12.C2H6S/c1-8(2)6-4-3-5-7-8;1-7(2)5-3-4-6-7;1-5(2,3)4;1-3-2/h3-7H2,1-2H3;3-6H2,1-2H3;1-4H3;1-2H3. The third-order valence-electron chi connectivity index (χ3n) is 4.16. The summed E-state index contributed by atoms with van der Waals surface area (Å²) in [6.45, 7) is 18.2. The molecule has 0 aliphatic heterocycles. The highest BCUT2D eigenvalue weighted by atomic mass is 32.2. The Morgan fingerprint density at radius 2 is 0.739 bits per heavy atom. The molecule has 0 nitrogen and oxygen atoms in total. The van der Waals surface area contributed by atoms with Gasteiger partial charge < -0.3 is 0 Å². The van der Waals surface area contributed by atoms with Gasteiger partial charge in [0.1, 0.15) is 0 Å². The fourth-order valence-corrected chi connectivity index (χ4v) is 2.84. The third-order valence-corrected chi connectivity index (χ3v) is 4.16. The summed E-state index contributed by atoms with van der Waals surface area (Å²) in [5, 5.41) is 0. The van der Waals surface area contributed by atoms with E-state index < -0.39 is 0 Å². The zero-order valence-corrected chi connectivity index (χ0v) is 19.1. The first kappa shape index (κ1) is 25.6. The lowest BCUT2D eigenvalue weighted by molar-refractivity contribution is 0.244. The Morgan fingerprint density at radius 3 is 0.826 bits per heavy atom. The molecular formula is C22H48S. The maximum Gasteiger partial charge on any atom is -0.0187 e. The molecule has 0 saturated heterocycles. The van der Waals surface area contributed by atoms with Gasteiger partial charge in [-0.3, -0.25) is 0 Å². The highest BCUT2D eigenvalue weighted by Crippen LogP contribution is 2.36. The van der Waals surface area contributed by atoms with E-state index in [9.17, 15) is 0 Å². The van der Waals surface area contributed by atoms with Crippen LogP contribution in [0.15, 0.2) is 0 Å². The van der Waals surface area contributed by atoms with Crippen molar-refractivity contribution in [2.75, 3.05) is 12.5 Å². The maximum atomic E-state index is 2.38. The SMILES string of the molecule is CC(C)(C)C.CC1(C)CCCC1.CC1(C)CCCCC1.CSC. The Bertz CT molecular complexity index is 236. The Morgan fingerprint density at radius 1 is 0.565 bits per heavy atom. The van der Waals surface area contributed by atoms with Crippen molar-refractivity contribution in [3.05, 3.63) is 0 Å². The summed E-state index contributed by atoms with van der Waals surface area (Å²) in [7, 11) is 0. The molecule has 0 amide bonds. The van der Waals surface area contributed by atoms with E-state index in [1.807, 2.05) is 12.5 Å². The lowest BCUT2D eigenvalue weighted by atomic mass is 9.78. The number of thioether (sulfide) groups is 1. The number of rotatable bonds is 0. The van der Waals surface area contributed by atoms with Crippen molar-refractivity contribution >= 4 is 11.8 Å². The first-order chi connectivity index (χ1) is 10.3. The molecular weight excluding hydrogens is 296 g/mol. The summed E-state index contributed by atoms with van der Waals surface area (Å²) in [4.78, 5) is 0. The van der Waals surface area contributed by atoms with Crippen molar-refractivity contribution in [2.45, 2.75) is 113 Å². The summed E-state index contributed by atoms with van der Waals surface area (Å²) in [5.41, 5.74) is 1.87. The largest absolute Gasteiger partial charge is 0.169 e. The van der Waals surface area contributed by atoms with E-state index in [-0.39, 0.29) is 0 Å². The second-order valence-corrected chi connectivity index (χ2v) is 11.3. The smallest absolute Gasteiger partial charge is 0.0187 e. The summed E-state index contributed by atoms with van der Waals surface area (Å²) in [5.74, 6) is 0. The molecule has 2 fully saturated rings. The molecule has 0 N–H and O–H groups in total. The molecule has 0 spiro atoms. The maximum absolute atomic E-state index is 2.38. The normalized spacial score (nSPS) is 21.7. The van der Waals surface area contributed by atoms with Crippen molar-refractivity contribution in [2.24, 2.45) is 16.2 Å². The molecule has 23 heavy (non-hydrogen) atoms. The molecule has 2 rings (SSSR count). The molecule has 0 aromatic heterocycles. The van der Waals surface area contributed by atoms with Crippen molar-refractivity contribution in [3.63, 3.8) is 0 Å². The molecule has 0 aromatic rings. The van der Waals surface area contributed by atoms with E-state index >= 15 is 0 Å². The molecule has 1 heteroatoms. The Kier molecular flexibility index (Phi) is 14.1. The van der Waals surface area contributed by atoms with Crippen LogP contribution in [0.1, 0.15) is 113 Å². The van der Waals surface area contributed by atoms with Crippen molar-refractivity contribution < 1.29 is 0 Å². The van der Waals surface area contributed by atoms with Gasteiger partial charge >= 0.3 is 0 Å². The van der Waals surface area contributed by atoms with Crippen LogP contribution >= 0.6 is 11.8 Å². The van der Waals surface area contributed by atoms with E-state index in [1.54, 1.807) is 11.8 Å². The van der Waals surface area contributed by atoms with Crippen molar-refractivity contribution in [1.29, 1.82) is 0 Å². The molecule has 0 bridgehead atoms. The minimum Gasteiger partial charge on any atom is -0.169 e. The van der Waals surface area contributed by atoms with Gasteiger partial charge in [0.2, 0.25) is 0 Å². The number of hydrogen-bond donors (Lipinski definition) is 0. The third kappa shape index (κ3) is 24.7. The topological polar surface area (TPSA) is 0 Å². The van der Waals surface area contributed by atoms with Gasteiger partial charge in [-0.15, -0.1) is 0 Å². The summed E-state index contributed by atoms with van der Waals surface area (Å²) in [6, 6.07) is 0. The molecule has 2 aliphatic carbocycles. The molecule has 0 atom stereocenters. The van der Waals surface area contributed by atoms with Gasteiger partial charge in [0, 0.05) is 0 Å². The van der Waals surface area contributed by atoms with E-state index in [4.69, 9.17) is 0 Å². The van der Waals surface area contributed by atoms with E-state index in [0.29, 0.717) is 16.2 Å². The minimum atomic E-state index is 0.500. The Hall–Kier alpha value is 0.350. The molecule has 0 unspecified atom stereocenters. The van der Waals surface area contributed by atoms with E-state index in [2.05, 4.69) is 55.4 Å². The van der Waals surface area contributed by atoms with Crippen LogP contribution in [-0.4, -0.2) is 12.5 Å². The van der Waals surface area contributed by atoms with Gasteiger partial charge in [-0.05, 0) is 54.4 Å². The van der Waals surface area contributed by atoms with Gasteiger partial charge in [-0.1, -0.05) is 87.5 Å². The van der Waals surface area contributed by atoms with E-state index in [0.717, 1.165) is 0 Å². The molecule has 0 aromatic carbocycles. The highest BCUT2D eigenvalue weighted by Gasteiger charge is 2.22. The van der Waals surface area contributed by atoms with E-state index in [1.165, 1.54) is 57.8 Å². The van der Waals surface area contributed by atoms with Crippen molar-refractivity contribution in [1.82, 2.24) is 0 Å². The monoisotopic (exact) mass is 344 g/mol. The lowest BCUT2D eigenvalue weighted by Gasteiger charge is -2.28. The zero-order valence-electron chi connectivity index (χ0n) is 18.3. The van der Waals surface area contributed by atoms with Crippen LogP contribution in [-0.2, 0) is 0 Å².